The summed E-state index contributed by atoms with van der Waals surface area (Å²) in [5.74, 6) is -1.27. The minimum Gasteiger partial charge on any atom is -0.480 e. The first-order valence-corrected chi connectivity index (χ1v) is 22.8. The van der Waals surface area contributed by atoms with Crippen LogP contribution in [0, 0.1) is 0 Å². The number of allylic oxidation sites excluding steroid dienone is 5. The van der Waals surface area contributed by atoms with Gasteiger partial charge in [0.05, 0.1) is 0 Å². The molecule has 0 aromatic rings. The Balaban J connectivity index is 4.25. The SMILES string of the molecule is CCCCCC/C=C\C/C=C\CCCCCCCCCC(=O)OC(/C=C\CCCCCCCCC)CCCCCCCCC(=O)NC(CCCN)C(=O)O. The lowest BCUT2D eigenvalue weighted by Gasteiger charge is -2.15. The second-order valence-corrected chi connectivity index (χ2v) is 15.5. The van der Waals surface area contributed by atoms with E-state index in [-0.39, 0.29) is 18.0 Å². The smallest absolute Gasteiger partial charge is 0.326 e. The van der Waals surface area contributed by atoms with Crippen molar-refractivity contribution < 1.29 is 24.2 Å². The predicted molar refractivity (Wildman–Crippen MR) is 230 cm³/mol. The van der Waals surface area contributed by atoms with E-state index in [9.17, 15) is 19.5 Å². The van der Waals surface area contributed by atoms with Crippen LogP contribution in [0.5, 0.6) is 0 Å². The molecule has 0 heterocycles. The molecule has 0 aliphatic heterocycles. The number of hydrogen-bond acceptors (Lipinski definition) is 5. The fourth-order valence-electron chi connectivity index (χ4n) is 6.68. The Labute approximate surface area is 333 Å². The number of hydrogen-bond donors (Lipinski definition) is 3. The average Bonchev–Trinajstić information content (AvgIpc) is 3.16. The van der Waals surface area contributed by atoms with E-state index in [0.717, 1.165) is 70.6 Å². The van der Waals surface area contributed by atoms with Gasteiger partial charge < -0.3 is 20.9 Å². The van der Waals surface area contributed by atoms with Crippen molar-refractivity contribution in [2.24, 2.45) is 5.73 Å². The molecule has 0 saturated carbocycles. The van der Waals surface area contributed by atoms with E-state index in [1.807, 2.05) is 0 Å². The van der Waals surface area contributed by atoms with Gasteiger partial charge in [-0.2, -0.15) is 0 Å². The standard InChI is InChI=1S/C47H86N2O5/c1-3-5-7-9-11-13-14-15-16-17-18-19-20-21-23-25-31-35-41-46(51)54-43(37-32-28-24-22-12-10-8-6-4-2)38-33-29-26-27-30-34-40-45(50)49-44(47(52)53)39-36-42-48/h13-14,16-17,32,37,43-44H,3-12,15,18-31,33-36,38-42,48H2,1-2H3,(H,49,50)(H,52,53)/b14-13-,17-16-,37-32-. The normalized spacial score (nSPS) is 12.9. The van der Waals surface area contributed by atoms with Crippen molar-refractivity contribution in [2.75, 3.05) is 6.54 Å². The minimum absolute atomic E-state index is 0.0647. The molecule has 0 aromatic carbocycles. The van der Waals surface area contributed by atoms with Crippen LogP contribution in [0.4, 0.5) is 0 Å². The molecule has 0 radical (unpaired) electrons. The molecule has 2 unspecified atom stereocenters. The van der Waals surface area contributed by atoms with Crippen molar-refractivity contribution in [1.29, 1.82) is 0 Å². The second kappa shape index (κ2) is 41.7. The molecule has 7 nitrogen and oxygen atoms in total. The number of carboxylic acids is 1. The molecular weight excluding hydrogens is 673 g/mol. The van der Waals surface area contributed by atoms with Crippen LogP contribution in [0.1, 0.15) is 226 Å². The summed E-state index contributed by atoms with van der Waals surface area (Å²) in [5.41, 5.74) is 5.48. The molecule has 7 heteroatoms. The van der Waals surface area contributed by atoms with Crippen LogP contribution < -0.4 is 11.1 Å². The fraction of sp³-hybridized carbons (Fsp3) is 0.809. The summed E-state index contributed by atoms with van der Waals surface area (Å²) in [4.78, 5) is 36.3. The first kappa shape index (κ1) is 51.6. The first-order chi connectivity index (χ1) is 26.4. The quantitative estimate of drug-likeness (QED) is 0.0324. The van der Waals surface area contributed by atoms with Crippen molar-refractivity contribution in [2.45, 2.75) is 238 Å². The lowest BCUT2D eigenvalue weighted by molar-refractivity contribution is -0.147. The van der Waals surface area contributed by atoms with Gasteiger partial charge in [0.2, 0.25) is 5.91 Å². The fourth-order valence-corrected chi connectivity index (χ4v) is 6.68. The van der Waals surface area contributed by atoms with Gasteiger partial charge in [0.15, 0.2) is 0 Å². The van der Waals surface area contributed by atoms with Gasteiger partial charge in [-0.15, -0.1) is 0 Å². The van der Waals surface area contributed by atoms with E-state index in [2.05, 4.69) is 55.6 Å². The van der Waals surface area contributed by atoms with Crippen LogP contribution >= 0.6 is 0 Å². The third-order valence-electron chi connectivity index (χ3n) is 10.2. The van der Waals surface area contributed by atoms with Gasteiger partial charge in [-0.25, -0.2) is 4.79 Å². The van der Waals surface area contributed by atoms with Crippen molar-refractivity contribution >= 4 is 17.8 Å². The Hall–Kier alpha value is -2.41. The molecule has 0 saturated heterocycles. The molecule has 2 atom stereocenters. The topological polar surface area (TPSA) is 119 Å². The molecule has 0 rings (SSSR count). The van der Waals surface area contributed by atoms with E-state index in [1.54, 1.807) is 0 Å². The Morgan fingerprint density at radius 2 is 1.02 bits per heavy atom. The lowest BCUT2D eigenvalue weighted by atomic mass is 10.0. The average molecular weight is 759 g/mol. The van der Waals surface area contributed by atoms with Crippen molar-refractivity contribution in [3.63, 3.8) is 0 Å². The minimum atomic E-state index is -1.00. The molecule has 54 heavy (non-hydrogen) atoms. The maximum Gasteiger partial charge on any atom is 0.326 e. The van der Waals surface area contributed by atoms with E-state index in [1.165, 1.54) is 116 Å². The van der Waals surface area contributed by atoms with Crippen LogP contribution in [0.25, 0.3) is 0 Å². The van der Waals surface area contributed by atoms with E-state index in [0.29, 0.717) is 32.2 Å². The lowest BCUT2D eigenvalue weighted by Crippen LogP contribution is -2.40. The van der Waals surface area contributed by atoms with Gasteiger partial charge in [0.25, 0.3) is 0 Å². The van der Waals surface area contributed by atoms with E-state index in [4.69, 9.17) is 10.5 Å². The summed E-state index contributed by atoms with van der Waals surface area (Å²) in [7, 11) is 0. The summed E-state index contributed by atoms with van der Waals surface area (Å²) in [6.45, 7) is 4.92. The van der Waals surface area contributed by atoms with Crippen LogP contribution in [-0.2, 0) is 19.1 Å². The van der Waals surface area contributed by atoms with Gasteiger partial charge in [-0.1, -0.05) is 160 Å². The maximum absolute atomic E-state index is 12.8. The zero-order chi connectivity index (χ0) is 39.6. The van der Waals surface area contributed by atoms with Crippen LogP contribution in [0.3, 0.4) is 0 Å². The molecule has 0 aliphatic rings. The Kier molecular flexibility index (Phi) is 39.9. The number of amides is 1. The van der Waals surface area contributed by atoms with Gasteiger partial charge in [0, 0.05) is 12.8 Å². The number of nitrogens with two attached hydrogens (primary N) is 1. The monoisotopic (exact) mass is 759 g/mol. The summed E-state index contributed by atoms with van der Waals surface area (Å²) >= 11 is 0. The van der Waals surface area contributed by atoms with E-state index >= 15 is 0 Å². The highest BCUT2D eigenvalue weighted by Gasteiger charge is 2.18. The number of aliphatic carboxylic acids is 1. The number of nitrogens with one attached hydrogen (secondary N) is 1. The summed E-state index contributed by atoms with van der Waals surface area (Å²) in [6, 6.07) is -0.854. The third kappa shape index (κ3) is 37.9. The Bertz CT molecular complexity index is 946. The maximum atomic E-state index is 12.8. The number of carbonyl (C=O) groups is 3. The molecular formula is C47H86N2O5. The predicted octanol–water partition coefficient (Wildman–Crippen LogP) is 13.0. The molecule has 0 bridgehead atoms. The Morgan fingerprint density at radius 3 is 1.56 bits per heavy atom. The van der Waals surface area contributed by atoms with Gasteiger partial charge in [-0.3, -0.25) is 9.59 Å². The molecule has 1 amide bonds. The number of carboxylic acid groups (broad SMARTS) is 1. The molecule has 0 aliphatic carbocycles. The summed E-state index contributed by atoms with van der Waals surface area (Å²) in [6.07, 6.45) is 49.2. The largest absolute Gasteiger partial charge is 0.480 e. The summed E-state index contributed by atoms with van der Waals surface area (Å²) < 4.78 is 5.97. The number of rotatable bonds is 41. The van der Waals surface area contributed by atoms with E-state index < -0.39 is 12.0 Å². The van der Waals surface area contributed by atoms with Gasteiger partial charge >= 0.3 is 11.9 Å². The van der Waals surface area contributed by atoms with Crippen molar-refractivity contribution in [3.8, 4) is 0 Å². The molecule has 314 valence electrons. The highest BCUT2D eigenvalue weighted by molar-refractivity contribution is 5.83. The summed E-state index contributed by atoms with van der Waals surface area (Å²) in [5, 5.41) is 11.9. The van der Waals surface area contributed by atoms with Crippen molar-refractivity contribution in [1.82, 2.24) is 5.32 Å². The second-order valence-electron chi connectivity index (χ2n) is 15.5. The Morgan fingerprint density at radius 1 is 0.556 bits per heavy atom. The van der Waals surface area contributed by atoms with Crippen LogP contribution in [0.15, 0.2) is 36.5 Å². The van der Waals surface area contributed by atoms with Crippen LogP contribution in [0.2, 0.25) is 0 Å². The molecule has 0 fully saturated rings. The molecule has 0 aromatic heterocycles. The zero-order valence-electron chi connectivity index (χ0n) is 35.3. The number of ether oxygens (including phenoxy) is 1. The molecule has 4 N–H and O–H groups in total. The number of unbranched alkanes of at least 4 members (excludes halogenated alkanes) is 23. The van der Waals surface area contributed by atoms with Crippen molar-refractivity contribution in [3.05, 3.63) is 36.5 Å². The van der Waals surface area contributed by atoms with Crippen LogP contribution in [-0.4, -0.2) is 41.6 Å². The number of carbonyl (C=O) groups excluding carboxylic acids is 2. The number of esters is 1. The highest BCUT2D eigenvalue weighted by atomic mass is 16.5. The third-order valence-corrected chi connectivity index (χ3v) is 10.2. The first-order valence-electron chi connectivity index (χ1n) is 22.8. The zero-order valence-corrected chi connectivity index (χ0v) is 35.3. The highest BCUT2D eigenvalue weighted by Crippen LogP contribution is 2.16. The van der Waals surface area contributed by atoms with Gasteiger partial charge in [0.1, 0.15) is 12.1 Å². The molecule has 0 spiro atoms. The van der Waals surface area contributed by atoms with Gasteiger partial charge in [-0.05, 0) is 96.1 Å².